The minimum atomic E-state index is 0.0365. The largest absolute Gasteiger partial charge is 0.485 e. The van der Waals surface area contributed by atoms with Crippen molar-refractivity contribution < 1.29 is 4.74 Å². The van der Waals surface area contributed by atoms with E-state index >= 15 is 0 Å². The zero-order valence-corrected chi connectivity index (χ0v) is 14.6. The number of rotatable bonds is 6. The molecule has 0 amide bonds. The van der Waals surface area contributed by atoms with Crippen molar-refractivity contribution in [3.63, 3.8) is 0 Å². The molecule has 0 aromatic heterocycles. The molecule has 0 aliphatic rings. The highest BCUT2D eigenvalue weighted by Gasteiger charge is 2.19. The maximum atomic E-state index is 6.51. The molecule has 0 heterocycles. The van der Waals surface area contributed by atoms with Gasteiger partial charge in [-0.1, -0.05) is 66.7 Å². The van der Waals surface area contributed by atoms with E-state index in [-0.39, 0.29) is 6.10 Å². The molecule has 0 bridgehead atoms. The van der Waals surface area contributed by atoms with Crippen LogP contribution in [0.25, 0.3) is 10.8 Å². The minimum absolute atomic E-state index is 0.0365. The molecule has 2 unspecified atom stereocenters. The highest BCUT2D eigenvalue weighted by molar-refractivity contribution is 5.88. The zero-order chi connectivity index (χ0) is 16.9. The minimum Gasteiger partial charge on any atom is -0.485 e. The Morgan fingerprint density at radius 2 is 1.50 bits per heavy atom. The molecule has 0 spiro atoms. The van der Waals surface area contributed by atoms with Crippen molar-refractivity contribution >= 4 is 10.8 Å². The lowest BCUT2D eigenvalue weighted by molar-refractivity contribution is 0.153. The Morgan fingerprint density at radius 3 is 2.25 bits per heavy atom. The van der Waals surface area contributed by atoms with Gasteiger partial charge in [-0.05, 0) is 38.0 Å². The summed E-state index contributed by atoms with van der Waals surface area (Å²) in [4.78, 5) is 2.24. The smallest absolute Gasteiger partial charge is 0.128 e. The van der Waals surface area contributed by atoms with Gasteiger partial charge in [0.25, 0.3) is 0 Å². The van der Waals surface area contributed by atoms with Crippen molar-refractivity contribution in [3.05, 3.63) is 78.4 Å². The number of benzene rings is 3. The molecule has 0 aliphatic carbocycles. The lowest BCUT2D eigenvalue weighted by atomic mass is 10.0. The second-order valence-corrected chi connectivity index (χ2v) is 6.54. The summed E-state index contributed by atoms with van der Waals surface area (Å²) < 4.78 is 6.51. The monoisotopic (exact) mass is 319 g/mol. The number of fused-ring (bicyclic) bond motifs is 1. The second-order valence-electron chi connectivity index (χ2n) is 6.54. The van der Waals surface area contributed by atoms with Gasteiger partial charge in [0.1, 0.15) is 11.9 Å². The number of hydrogen-bond acceptors (Lipinski definition) is 2. The van der Waals surface area contributed by atoms with Crippen LogP contribution in [0.2, 0.25) is 0 Å². The first-order valence-electron chi connectivity index (χ1n) is 8.51. The Balaban J connectivity index is 1.93. The Labute approximate surface area is 144 Å². The maximum Gasteiger partial charge on any atom is 0.128 e. The summed E-state index contributed by atoms with van der Waals surface area (Å²) >= 11 is 0. The van der Waals surface area contributed by atoms with Crippen LogP contribution in [0.1, 0.15) is 25.0 Å². The summed E-state index contributed by atoms with van der Waals surface area (Å²) in [5, 5.41) is 2.38. The molecule has 124 valence electrons. The highest BCUT2D eigenvalue weighted by Crippen LogP contribution is 2.32. The molecule has 3 aromatic rings. The molecule has 0 saturated carbocycles. The van der Waals surface area contributed by atoms with E-state index in [0.29, 0.717) is 6.04 Å². The molecule has 0 N–H and O–H groups in total. The average Bonchev–Trinajstić information content (AvgIpc) is 2.62. The first-order valence-corrected chi connectivity index (χ1v) is 8.51. The summed E-state index contributed by atoms with van der Waals surface area (Å²) in [7, 11) is 4.23. The standard InChI is InChI=1S/C22H25NO/c1-17(23(2)3)16-22(19-11-5-4-6-12-19)24-21-15-9-13-18-10-7-8-14-20(18)21/h4-15,17,22H,16H2,1-3H3. The highest BCUT2D eigenvalue weighted by atomic mass is 16.5. The molecule has 2 atom stereocenters. The molecule has 2 nitrogen and oxygen atoms in total. The van der Waals surface area contributed by atoms with Crippen LogP contribution < -0.4 is 4.74 Å². The van der Waals surface area contributed by atoms with Gasteiger partial charge in [-0.25, -0.2) is 0 Å². The fourth-order valence-corrected chi connectivity index (χ4v) is 2.89. The van der Waals surface area contributed by atoms with Gasteiger partial charge in [-0.2, -0.15) is 0 Å². The Bertz CT molecular complexity index is 777. The lowest BCUT2D eigenvalue weighted by Gasteiger charge is -2.27. The molecule has 3 aromatic carbocycles. The summed E-state index contributed by atoms with van der Waals surface area (Å²) in [5.74, 6) is 0.952. The van der Waals surface area contributed by atoms with Gasteiger partial charge in [-0.3, -0.25) is 0 Å². The van der Waals surface area contributed by atoms with Gasteiger partial charge in [0.05, 0.1) is 0 Å². The Hall–Kier alpha value is -2.32. The van der Waals surface area contributed by atoms with E-state index in [1.165, 1.54) is 16.3 Å². The van der Waals surface area contributed by atoms with Crippen LogP contribution in [0.15, 0.2) is 72.8 Å². The van der Waals surface area contributed by atoms with Crippen LogP contribution in [0.3, 0.4) is 0 Å². The van der Waals surface area contributed by atoms with Gasteiger partial charge in [0.2, 0.25) is 0 Å². The third-order valence-electron chi connectivity index (χ3n) is 4.63. The van der Waals surface area contributed by atoms with Gasteiger partial charge in [-0.15, -0.1) is 0 Å². The van der Waals surface area contributed by atoms with E-state index in [1.807, 2.05) is 6.07 Å². The van der Waals surface area contributed by atoms with Crippen molar-refractivity contribution in [1.29, 1.82) is 0 Å². The van der Waals surface area contributed by atoms with E-state index < -0.39 is 0 Å². The lowest BCUT2D eigenvalue weighted by Crippen LogP contribution is -2.28. The molecule has 0 radical (unpaired) electrons. The van der Waals surface area contributed by atoms with E-state index in [4.69, 9.17) is 4.74 Å². The summed E-state index contributed by atoms with van der Waals surface area (Å²) in [6.07, 6.45) is 0.981. The fraction of sp³-hybridized carbons (Fsp3) is 0.273. The molecule has 0 fully saturated rings. The fourth-order valence-electron chi connectivity index (χ4n) is 2.89. The quantitative estimate of drug-likeness (QED) is 0.611. The van der Waals surface area contributed by atoms with E-state index in [9.17, 15) is 0 Å². The topological polar surface area (TPSA) is 12.5 Å². The summed E-state index contributed by atoms with van der Waals surface area (Å²) in [6, 6.07) is 25.6. The van der Waals surface area contributed by atoms with E-state index in [1.54, 1.807) is 0 Å². The molecule has 24 heavy (non-hydrogen) atoms. The Kier molecular flexibility index (Phi) is 5.17. The summed E-state index contributed by atoms with van der Waals surface area (Å²) in [5.41, 5.74) is 1.22. The Morgan fingerprint density at radius 1 is 0.833 bits per heavy atom. The number of hydrogen-bond donors (Lipinski definition) is 0. The average molecular weight is 319 g/mol. The van der Waals surface area contributed by atoms with Crippen molar-refractivity contribution in [3.8, 4) is 5.75 Å². The zero-order valence-electron chi connectivity index (χ0n) is 14.6. The molecular formula is C22H25NO. The van der Waals surface area contributed by atoms with Crippen molar-refractivity contribution in [1.82, 2.24) is 4.90 Å². The van der Waals surface area contributed by atoms with Gasteiger partial charge in [0, 0.05) is 17.8 Å². The van der Waals surface area contributed by atoms with Crippen molar-refractivity contribution in [2.45, 2.75) is 25.5 Å². The van der Waals surface area contributed by atoms with E-state index in [2.05, 4.69) is 92.6 Å². The first kappa shape index (κ1) is 16.5. The summed E-state index contributed by atoms with van der Waals surface area (Å²) in [6.45, 7) is 2.24. The normalized spacial score (nSPS) is 13.8. The predicted octanol–water partition coefficient (Wildman–Crippen LogP) is 5.30. The SMILES string of the molecule is CC(CC(Oc1cccc2ccccc12)c1ccccc1)N(C)C. The molecule has 3 rings (SSSR count). The van der Waals surface area contributed by atoms with Gasteiger partial charge in [0.15, 0.2) is 0 Å². The van der Waals surface area contributed by atoms with Crippen LogP contribution in [0.4, 0.5) is 0 Å². The van der Waals surface area contributed by atoms with Crippen LogP contribution in [-0.4, -0.2) is 25.0 Å². The van der Waals surface area contributed by atoms with Crippen LogP contribution in [0.5, 0.6) is 5.75 Å². The number of nitrogens with zero attached hydrogens (tertiary/aromatic N) is 1. The molecule has 2 heteroatoms. The van der Waals surface area contributed by atoms with Gasteiger partial charge < -0.3 is 9.64 Å². The van der Waals surface area contributed by atoms with Crippen LogP contribution >= 0.6 is 0 Å². The number of ether oxygens (including phenoxy) is 1. The van der Waals surface area contributed by atoms with Crippen molar-refractivity contribution in [2.75, 3.05) is 14.1 Å². The van der Waals surface area contributed by atoms with E-state index in [0.717, 1.165) is 12.2 Å². The molecule has 0 saturated heterocycles. The van der Waals surface area contributed by atoms with Crippen LogP contribution in [-0.2, 0) is 0 Å². The first-order chi connectivity index (χ1) is 11.6. The maximum absolute atomic E-state index is 6.51. The van der Waals surface area contributed by atoms with Crippen LogP contribution in [0, 0.1) is 0 Å². The second kappa shape index (κ2) is 7.50. The van der Waals surface area contributed by atoms with Crippen molar-refractivity contribution in [2.24, 2.45) is 0 Å². The predicted molar refractivity (Wildman–Crippen MR) is 102 cm³/mol. The van der Waals surface area contributed by atoms with Gasteiger partial charge >= 0.3 is 0 Å². The molecular weight excluding hydrogens is 294 g/mol. The third-order valence-corrected chi connectivity index (χ3v) is 4.63. The third kappa shape index (κ3) is 3.77. The molecule has 0 aliphatic heterocycles.